The number of benzene rings is 1. The number of ketones is 1. The second kappa shape index (κ2) is 5.29. The maximum absolute atomic E-state index is 11.8. The van der Waals surface area contributed by atoms with Gasteiger partial charge in [0, 0.05) is 5.56 Å². The van der Waals surface area contributed by atoms with E-state index in [1.54, 1.807) is 36.4 Å². The van der Waals surface area contributed by atoms with Crippen LogP contribution in [-0.2, 0) is 0 Å². The number of rotatable bonds is 4. The summed E-state index contributed by atoms with van der Waals surface area (Å²) in [6.45, 7) is 0. The van der Waals surface area contributed by atoms with Crippen LogP contribution in [0.2, 0.25) is 0 Å². The molecule has 0 radical (unpaired) electrons. The monoisotopic (exact) mass is 245 g/mol. The molecule has 1 amide bonds. The fraction of sp³-hybridized carbons (Fsp3) is 0.0769. The van der Waals surface area contributed by atoms with Crippen LogP contribution in [0.5, 0.6) is 0 Å². The number of furan rings is 1. The Kier molecular flexibility index (Phi) is 3.54. The van der Waals surface area contributed by atoms with Crippen molar-refractivity contribution in [1.29, 1.82) is 0 Å². The van der Waals surface area contributed by atoms with Gasteiger partial charge in [0.2, 0.25) is 5.78 Å². The minimum atomic E-state index is -1.59. The molecule has 1 atom stereocenters. The van der Waals surface area contributed by atoms with E-state index in [1.807, 2.05) is 0 Å². The van der Waals surface area contributed by atoms with Gasteiger partial charge in [-0.2, -0.15) is 0 Å². The molecule has 0 spiro atoms. The minimum Gasteiger partial charge on any atom is -0.459 e. The van der Waals surface area contributed by atoms with Gasteiger partial charge in [-0.1, -0.05) is 30.3 Å². The third kappa shape index (κ3) is 2.64. The Morgan fingerprint density at radius 2 is 1.83 bits per heavy atom. The summed E-state index contributed by atoms with van der Waals surface area (Å²) < 4.78 is 4.85. The van der Waals surface area contributed by atoms with Crippen molar-refractivity contribution < 1.29 is 19.1 Å². The number of hydrogen-bond acceptors (Lipinski definition) is 4. The van der Waals surface area contributed by atoms with Crippen LogP contribution in [0.3, 0.4) is 0 Å². The minimum absolute atomic E-state index is 0.0370. The summed E-state index contributed by atoms with van der Waals surface area (Å²) in [7, 11) is 0. The molecule has 0 aliphatic rings. The first kappa shape index (κ1) is 12.1. The molecule has 0 fully saturated rings. The summed E-state index contributed by atoms with van der Waals surface area (Å²) in [6.07, 6.45) is -0.259. The van der Waals surface area contributed by atoms with Gasteiger partial charge in [-0.05, 0) is 12.1 Å². The summed E-state index contributed by atoms with van der Waals surface area (Å²) >= 11 is 0. The number of carbonyl (C=O) groups excluding carboxylic acids is 2. The second-order valence-electron chi connectivity index (χ2n) is 3.58. The molecule has 1 aromatic heterocycles. The highest BCUT2D eigenvalue weighted by molar-refractivity contribution is 6.02. The zero-order valence-corrected chi connectivity index (χ0v) is 9.37. The zero-order valence-electron chi connectivity index (χ0n) is 9.37. The number of aliphatic hydroxyl groups is 1. The standard InChI is InChI=1S/C13H11NO4/c15-11(9-5-2-1-3-6-9)13(17)14-12(16)10-7-4-8-18-10/h1-8,13,17H,(H,14,16). The van der Waals surface area contributed by atoms with Crippen LogP contribution in [0.15, 0.2) is 53.1 Å². The van der Waals surface area contributed by atoms with Gasteiger partial charge in [-0.25, -0.2) is 0 Å². The average Bonchev–Trinajstić information content (AvgIpc) is 2.92. The molecule has 2 rings (SSSR count). The van der Waals surface area contributed by atoms with E-state index in [1.165, 1.54) is 12.3 Å². The van der Waals surface area contributed by atoms with Crippen LogP contribution >= 0.6 is 0 Å². The SMILES string of the molecule is O=C(NC(O)C(=O)c1ccccc1)c1ccco1. The number of aliphatic hydroxyl groups excluding tert-OH is 1. The second-order valence-corrected chi connectivity index (χ2v) is 3.58. The average molecular weight is 245 g/mol. The van der Waals surface area contributed by atoms with Gasteiger partial charge in [-0.15, -0.1) is 0 Å². The lowest BCUT2D eigenvalue weighted by Gasteiger charge is -2.10. The van der Waals surface area contributed by atoms with Crippen molar-refractivity contribution in [2.24, 2.45) is 0 Å². The molecular formula is C13H11NO4. The predicted molar refractivity (Wildman–Crippen MR) is 63.0 cm³/mol. The Morgan fingerprint density at radius 1 is 1.11 bits per heavy atom. The number of nitrogens with one attached hydrogen (secondary N) is 1. The molecule has 0 aliphatic heterocycles. The Bertz CT molecular complexity index is 533. The van der Waals surface area contributed by atoms with Gasteiger partial charge in [0.1, 0.15) is 0 Å². The highest BCUT2D eigenvalue weighted by atomic mass is 16.3. The molecule has 0 aliphatic carbocycles. The molecule has 0 saturated heterocycles. The fourth-order valence-corrected chi connectivity index (χ4v) is 1.43. The summed E-state index contributed by atoms with van der Waals surface area (Å²) in [4.78, 5) is 23.3. The van der Waals surface area contributed by atoms with Crippen molar-refractivity contribution in [3.63, 3.8) is 0 Å². The highest BCUT2D eigenvalue weighted by Gasteiger charge is 2.20. The molecule has 1 unspecified atom stereocenters. The first-order valence-corrected chi connectivity index (χ1v) is 5.30. The van der Waals surface area contributed by atoms with Crippen molar-refractivity contribution in [3.8, 4) is 0 Å². The van der Waals surface area contributed by atoms with E-state index in [0.29, 0.717) is 5.56 Å². The summed E-state index contributed by atoms with van der Waals surface area (Å²) in [5, 5.41) is 11.8. The zero-order chi connectivity index (χ0) is 13.0. The van der Waals surface area contributed by atoms with Crippen molar-refractivity contribution in [1.82, 2.24) is 5.32 Å². The van der Waals surface area contributed by atoms with Crippen LogP contribution in [0.1, 0.15) is 20.9 Å². The molecule has 5 nitrogen and oxygen atoms in total. The maximum Gasteiger partial charge on any atom is 0.289 e. The lowest BCUT2D eigenvalue weighted by Crippen LogP contribution is -2.40. The fourth-order valence-electron chi connectivity index (χ4n) is 1.43. The summed E-state index contributed by atoms with van der Waals surface area (Å²) in [5.74, 6) is -1.18. The van der Waals surface area contributed by atoms with Crippen molar-refractivity contribution in [3.05, 3.63) is 60.1 Å². The highest BCUT2D eigenvalue weighted by Crippen LogP contribution is 2.04. The number of Topliss-reactive ketones (excluding diaryl/α,β-unsaturated/α-hetero) is 1. The summed E-state index contributed by atoms with van der Waals surface area (Å²) in [5.41, 5.74) is 0.324. The van der Waals surface area contributed by atoms with Gasteiger partial charge in [-0.3, -0.25) is 9.59 Å². The van der Waals surface area contributed by atoms with Crippen LogP contribution in [0, 0.1) is 0 Å². The first-order valence-electron chi connectivity index (χ1n) is 5.30. The number of hydrogen-bond donors (Lipinski definition) is 2. The summed E-state index contributed by atoms with van der Waals surface area (Å²) in [6, 6.07) is 11.2. The molecule has 2 aromatic rings. The smallest absolute Gasteiger partial charge is 0.289 e. The Balaban J connectivity index is 2.02. The lowest BCUT2D eigenvalue weighted by molar-refractivity contribution is 0.0597. The maximum atomic E-state index is 11.8. The van der Waals surface area contributed by atoms with Gasteiger partial charge in [0.05, 0.1) is 6.26 Å². The van der Waals surface area contributed by atoms with Crippen LogP contribution in [-0.4, -0.2) is 23.0 Å². The number of amides is 1. The third-order valence-corrected chi connectivity index (χ3v) is 2.32. The van der Waals surface area contributed by atoms with Crippen LogP contribution in [0.4, 0.5) is 0 Å². The molecule has 1 heterocycles. The normalized spacial score (nSPS) is 11.8. The number of carbonyl (C=O) groups is 2. The van der Waals surface area contributed by atoms with E-state index in [2.05, 4.69) is 5.32 Å². The van der Waals surface area contributed by atoms with Crippen LogP contribution < -0.4 is 5.32 Å². The third-order valence-electron chi connectivity index (χ3n) is 2.32. The van der Waals surface area contributed by atoms with Crippen molar-refractivity contribution >= 4 is 11.7 Å². The topological polar surface area (TPSA) is 79.5 Å². The molecule has 1 aromatic carbocycles. The van der Waals surface area contributed by atoms with E-state index in [0.717, 1.165) is 0 Å². The molecule has 0 bridgehead atoms. The largest absolute Gasteiger partial charge is 0.459 e. The Hall–Kier alpha value is -2.40. The molecule has 18 heavy (non-hydrogen) atoms. The van der Waals surface area contributed by atoms with E-state index in [4.69, 9.17) is 4.42 Å². The first-order chi connectivity index (χ1) is 8.68. The van der Waals surface area contributed by atoms with E-state index >= 15 is 0 Å². The molecule has 5 heteroatoms. The van der Waals surface area contributed by atoms with E-state index < -0.39 is 17.9 Å². The van der Waals surface area contributed by atoms with Crippen molar-refractivity contribution in [2.75, 3.05) is 0 Å². The predicted octanol–water partition coefficient (Wildman–Crippen LogP) is 1.21. The lowest BCUT2D eigenvalue weighted by atomic mass is 10.1. The van der Waals surface area contributed by atoms with Crippen molar-refractivity contribution in [2.45, 2.75) is 6.23 Å². The van der Waals surface area contributed by atoms with Crippen LogP contribution in [0.25, 0.3) is 0 Å². The quantitative estimate of drug-likeness (QED) is 0.626. The van der Waals surface area contributed by atoms with Gasteiger partial charge >= 0.3 is 0 Å². The molecule has 92 valence electrons. The van der Waals surface area contributed by atoms with Gasteiger partial charge < -0.3 is 14.8 Å². The van der Waals surface area contributed by atoms with Gasteiger partial charge in [0.25, 0.3) is 5.91 Å². The van der Waals surface area contributed by atoms with E-state index in [-0.39, 0.29) is 5.76 Å². The molecule has 0 saturated carbocycles. The van der Waals surface area contributed by atoms with Gasteiger partial charge in [0.15, 0.2) is 12.0 Å². The molecular weight excluding hydrogens is 234 g/mol. The van der Waals surface area contributed by atoms with E-state index in [9.17, 15) is 14.7 Å². The Morgan fingerprint density at radius 3 is 2.44 bits per heavy atom. The Labute approximate surface area is 103 Å². The molecule has 2 N–H and O–H groups in total.